The molecule has 0 aliphatic heterocycles. The second-order valence-electron chi connectivity index (χ2n) is 10.6. The molecule has 9 heteroatoms. The van der Waals surface area contributed by atoms with E-state index in [0.717, 1.165) is 22.2 Å². The largest absolute Gasteiger partial charge is 0.342 e. The summed E-state index contributed by atoms with van der Waals surface area (Å²) in [5, 5.41) is 8.42. The molecule has 1 N–H and O–H groups in total. The van der Waals surface area contributed by atoms with Gasteiger partial charge in [0.05, 0.1) is 35.2 Å². The Labute approximate surface area is 225 Å². The van der Waals surface area contributed by atoms with E-state index in [4.69, 9.17) is 0 Å². The Hall–Kier alpha value is -4.53. The molecule has 0 radical (unpaired) electrons. The van der Waals surface area contributed by atoms with E-state index in [1.165, 1.54) is 18.3 Å². The lowest BCUT2D eigenvalue weighted by atomic mass is 9.83. The third kappa shape index (κ3) is 5.38. The van der Waals surface area contributed by atoms with E-state index in [1.54, 1.807) is 29.9 Å². The van der Waals surface area contributed by atoms with Crippen LogP contribution in [-0.4, -0.2) is 42.3 Å². The molecule has 0 aliphatic carbocycles. The number of nitrogens with zero attached hydrogens (tertiary/aromatic N) is 5. The SMILES string of the molecule is CCC(=O)[C@@H](NC(=O)c1ccc(-c2cnc3ncc(Cc4ccc5ncccc5c4)n3n2)cc1F)C(C)(C)C. The number of benzene rings is 2. The van der Waals surface area contributed by atoms with E-state index in [9.17, 15) is 9.59 Å². The molecule has 5 aromatic rings. The molecule has 5 rings (SSSR count). The normalized spacial score (nSPS) is 12.5. The van der Waals surface area contributed by atoms with Gasteiger partial charge in [0.15, 0.2) is 5.78 Å². The molecule has 3 aromatic heterocycles. The van der Waals surface area contributed by atoms with Crippen molar-refractivity contribution in [3.63, 3.8) is 0 Å². The molecule has 2 aromatic carbocycles. The number of carbonyl (C=O) groups excluding carboxylic acids is 2. The van der Waals surface area contributed by atoms with Gasteiger partial charge in [0, 0.05) is 30.0 Å². The van der Waals surface area contributed by atoms with Crippen molar-refractivity contribution in [2.24, 2.45) is 5.41 Å². The van der Waals surface area contributed by atoms with Crippen molar-refractivity contribution in [3.8, 4) is 11.3 Å². The number of hydrogen-bond donors (Lipinski definition) is 1. The van der Waals surface area contributed by atoms with Crippen LogP contribution in [0.3, 0.4) is 0 Å². The molecule has 0 saturated heterocycles. The minimum atomic E-state index is -0.721. The first-order valence-electron chi connectivity index (χ1n) is 12.8. The molecule has 1 atom stereocenters. The van der Waals surface area contributed by atoms with Crippen LogP contribution in [0.25, 0.3) is 27.9 Å². The fourth-order valence-corrected chi connectivity index (χ4v) is 4.57. The Morgan fingerprint density at radius 2 is 1.82 bits per heavy atom. The molecule has 0 bridgehead atoms. The molecule has 3 heterocycles. The van der Waals surface area contributed by atoms with E-state index < -0.39 is 23.2 Å². The smallest absolute Gasteiger partial charge is 0.254 e. The average molecular weight is 525 g/mol. The number of carbonyl (C=O) groups is 2. The summed E-state index contributed by atoms with van der Waals surface area (Å²) in [7, 11) is 0. The van der Waals surface area contributed by atoms with Gasteiger partial charge in [-0.05, 0) is 41.3 Å². The molecule has 198 valence electrons. The number of Topliss-reactive ketones (excluding diaryl/α,β-unsaturated/α-hetero) is 1. The van der Waals surface area contributed by atoms with E-state index in [-0.39, 0.29) is 17.8 Å². The first kappa shape index (κ1) is 26.1. The van der Waals surface area contributed by atoms with Crippen molar-refractivity contribution in [1.82, 2.24) is 29.9 Å². The molecule has 0 fully saturated rings. The summed E-state index contributed by atoms with van der Waals surface area (Å²) < 4.78 is 16.8. The van der Waals surface area contributed by atoms with Gasteiger partial charge in [0.25, 0.3) is 11.7 Å². The lowest BCUT2D eigenvalue weighted by molar-refractivity contribution is -0.122. The van der Waals surface area contributed by atoms with Gasteiger partial charge < -0.3 is 5.32 Å². The van der Waals surface area contributed by atoms with Crippen LogP contribution in [0.1, 0.15) is 55.7 Å². The number of imidazole rings is 1. The number of fused-ring (bicyclic) bond motifs is 2. The number of ketones is 1. The lowest BCUT2D eigenvalue weighted by Crippen LogP contribution is -2.49. The van der Waals surface area contributed by atoms with Crippen LogP contribution in [0.5, 0.6) is 0 Å². The van der Waals surface area contributed by atoms with Gasteiger partial charge in [0.2, 0.25) is 0 Å². The molecule has 0 spiro atoms. The topological polar surface area (TPSA) is 102 Å². The van der Waals surface area contributed by atoms with Gasteiger partial charge in [-0.3, -0.25) is 14.6 Å². The Kier molecular flexibility index (Phi) is 6.91. The van der Waals surface area contributed by atoms with Crippen LogP contribution < -0.4 is 5.32 Å². The zero-order chi connectivity index (χ0) is 27.7. The molecule has 0 saturated carbocycles. The number of halogens is 1. The van der Waals surface area contributed by atoms with Crippen molar-refractivity contribution in [1.29, 1.82) is 0 Å². The summed E-state index contributed by atoms with van der Waals surface area (Å²) in [6.07, 6.45) is 5.87. The van der Waals surface area contributed by atoms with Crippen LogP contribution in [0, 0.1) is 11.2 Å². The second-order valence-corrected chi connectivity index (χ2v) is 10.6. The summed E-state index contributed by atoms with van der Waals surface area (Å²) >= 11 is 0. The van der Waals surface area contributed by atoms with Gasteiger partial charge >= 0.3 is 0 Å². The minimum Gasteiger partial charge on any atom is -0.342 e. The van der Waals surface area contributed by atoms with Crippen molar-refractivity contribution < 1.29 is 14.0 Å². The van der Waals surface area contributed by atoms with Crippen LogP contribution >= 0.6 is 0 Å². The van der Waals surface area contributed by atoms with Crippen molar-refractivity contribution in [2.45, 2.75) is 46.6 Å². The van der Waals surface area contributed by atoms with Gasteiger partial charge in [-0.15, -0.1) is 0 Å². The minimum absolute atomic E-state index is 0.104. The fraction of sp³-hybridized carbons (Fsp3) is 0.267. The van der Waals surface area contributed by atoms with Crippen molar-refractivity contribution in [3.05, 3.63) is 89.8 Å². The number of hydrogen-bond acceptors (Lipinski definition) is 6. The van der Waals surface area contributed by atoms with Crippen LogP contribution in [-0.2, 0) is 11.2 Å². The Morgan fingerprint density at radius 1 is 1.03 bits per heavy atom. The summed E-state index contributed by atoms with van der Waals surface area (Å²) in [6.45, 7) is 7.33. The maximum atomic E-state index is 15.1. The monoisotopic (exact) mass is 524 g/mol. The first-order valence-corrected chi connectivity index (χ1v) is 12.8. The van der Waals surface area contributed by atoms with Gasteiger partial charge in [0.1, 0.15) is 11.5 Å². The quantitative estimate of drug-likeness (QED) is 0.314. The third-order valence-corrected chi connectivity index (χ3v) is 6.67. The summed E-state index contributed by atoms with van der Waals surface area (Å²) in [6, 6.07) is 13.6. The Bertz CT molecular complexity index is 1710. The van der Waals surface area contributed by atoms with E-state index >= 15 is 4.39 Å². The zero-order valence-electron chi connectivity index (χ0n) is 22.3. The van der Waals surface area contributed by atoms with Crippen molar-refractivity contribution >= 4 is 28.4 Å². The zero-order valence-corrected chi connectivity index (χ0v) is 22.3. The highest BCUT2D eigenvalue weighted by Crippen LogP contribution is 2.24. The first-order chi connectivity index (χ1) is 18.6. The summed E-state index contributed by atoms with van der Waals surface area (Å²) in [4.78, 5) is 38.4. The van der Waals surface area contributed by atoms with E-state index in [2.05, 4.69) is 31.4 Å². The van der Waals surface area contributed by atoms with Gasteiger partial charge in [-0.1, -0.05) is 45.9 Å². The maximum Gasteiger partial charge on any atom is 0.254 e. The predicted octanol–water partition coefficient (Wildman–Crippen LogP) is 5.19. The van der Waals surface area contributed by atoms with Crippen LogP contribution in [0.15, 0.2) is 67.1 Å². The van der Waals surface area contributed by atoms with Gasteiger partial charge in [-0.25, -0.2) is 18.9 Å². The Balaban J connectivity index is 1.41. The number of amides is 1. The number of nitrogens with one attached hydrogen (secondary N) is 1. The lowest BCUT2D eigenvalue weighted by Gasteiger charge is -2.30. The number of rotatable bonds is 7. The predicted molar refractivity (Wildman–Crippen MR) is 147 cm³/mol. The standard InChI is InChI=1S/C30H29FN6O2/c1-5-26(38)27(30(2,3)4)35-28(39)22-10-9-20(15-23(22)31)25-17-34-29-33-16-21(37(29)36-25)14-18-8-11-24-19(13-18)7-6-12-32-24/h6-13,15-17,27H,5,14H2,1-4H3,(H,35,39)/t27-/m1/s1. The molecule has 0 aliphatic rings. The van der Waals surface area contributed by atoms with Crippen molar-refractivity contribution in [2.75, 3.05) is 0 Å². The Morgan fingerprint density at radius 3 is 2.56 bits per heavy atom. The maximum absolute atomic E-state index is 15.1. The molecule has 0 unspecified atom stereocenters. The number of pyridine rings is 1. The van der Waals surface area contributed by atoms with Crippen LogP contribution in [0.2, 0.25) is 0 Å². The second kappa shape index (κ2) is 10.3. The van der Waals surface area contributed by atoms with Gasteiger partial charge in [-0.2, -0.15) is 5.10 Å². The highest BCUT2D eigenvalue weighted by molar-refractivity contribution is 5.98. The molecule has 1 amide bonds. The number of aromatic nitrogens is 5. The average Bonchev–Trinajstić information content (AvgIpc) is 3.32. The third-order valence-electron chi connectivity index (χ3n) is 6.67. The fourth-order valence-electron chi connectivity index (χ4n) is 4.57. The highest BCUT2D eigenvalue weighted by Gasteiger charge is 2.32. The van der Waals surface area contributed by atoms with E-state index in [0.29, 0.717) is 23.5 Å². The molecule has 39 heavy (non-hydrogen) atoms. The van der Waals surface area contributed by atoms with Crippen LogP contribution in [0.4, 0.5) is 4.39 Å². The highest BCUT2D eigenvalue weighted by atomic mass is 19.1. The summed E-state index contributed by atoms with van der Waals surface area (Å²) in [5.74, 6) is -1.02. The summed E-state index contributed by atoms with van der Waals surface area (Å²) in [5.41, 5.74) is 3.08. The molecular weight excluding hydrogens is 495 g/mol. The molecule has 8 nitrogen and oxygen atoms in total. The molecular formula is C30H29FN6O2. The van der Waals surface area contributed by atoms with E-state index in [1.807, 2.05) is 45.0 Å².